The molecule has 1 aliphatic heterocycles. The zero-order chi connectivity index (χ0) is 17.1. The topological polar surface area (TPSA) is 61.9 Å². The number of aromatic nitrogens is 3. The van der Waals surface area contributed by atoms with Gasteiger partial charge in [0.25, 0.3) is 5.91 Å². The average Bonchev–Trinajstić information content (AvgIpc) is 3.07. The van der Waals surface area contributed by atoms with Crippen molar-refractivity contribution in [2.75, 3.05) is 6.54 Å². The van der Waals surface area contributed by atoms with Gasteiger partial charge in [-0.2, -0.15) is 5.10 Å². The molecule has 1 saturated heterocycles. The summed E-state index contributed by atoms with van der Waals surface area (Å²) in [4.78, 5) is 18.7. The lowest BCUT2D eigenvalue weighted by molar-refractivity contribution is 0.0594. The molecule has 2 aromatic heterocycles. The van der Waals surface area contributed by atoms with Crippen molar-refractivity contribution >= 4 is 5.91 Å². The summed E-state index contributed by atoms with van der Waals surface area (Å²) >= 11 is 0. The van der Waals surface area contributed by atoms with Gasteiger partial charge in [0.05, 0.1) is 11.9 Å². The monoisotopic (exact) mass is 330 g/mol. The number of carbonyl (C=O) groups is 1. The van der Waals surface area contributed by atoms with Crippen molar-refractivity contribution in [2.24, 2.45) is 0 Å². The van der Waals surface area contributed by atoms with Crippen molar-refractivity contribution in [3.63, 3.8) is 0 Å². The lowest BCUT2D eigenvalue weighted by Crippen LogP contribution is -2.43. The maximum atomic E-state index is 14.0. The SMILES string of the molecule is CCC[C@H]1CCCCN1C(=O)c1cc(-c2cc(C)ncc2F)n[nH]1. The fourth-order valence-electron chi connectivity index (χ4n) is 3.36. The fraction of sp³-hybridized carbons (Fsp3) is 0.500. The number of hydrogen-bond donors (Lipinski definition) is 1. The van der Waals surface area contributed by atoms with Gasteiger partial charge in [-0.25, -0.2) is 4.39 Å². The van der Waals surface area contributed by atoms with Crippen molar-refractivity contribution in [2.45, 2.75) is 52.0 Å². The molecule has 0 unspecified atom stereocenters. The number of carbonyl (C=O) groups excluding carboxylic acids is 1. The summed E-state index contributed by atoms with van der Waals surface area (Å²) in [6.45, 7) is 4.71. The van der Waals surface area contributed by atoms with E-state index in [1.807, 2.05) is 4.90 Å². The first-order valence-electron chi connectivity index (χ1n) is 8.59. The first-order valence-corrected chi connectivity index (χ1v) is 8.59. The number of hydrogen-bond acceptors (Lipinski definition) is 3. The zero-order valence-corrected chi connectivity index (χ0v) is 14.2. The van der Waals surface area contributed by atoms with Crippen LogP contribution >= 0.6 is 0 Å². The summed E-state index contributed by atoms with van der Waals surface area (Å²) in [6.07, 6.45) is 6.52. The van der Waals surface area contributed by atoms with Gasteiger partial charge in [-0.15, -0.1) is 0 Å². The molecule has 0 bridgehead atoms. The number of H-pyrrole nitrogens is 1. The van der Waals surface area contributed by atoms with Crippen molar-refractivity contribution in [3.8, 4) is 11.3 Å². The molecule has 5 nitrogen and oxygen atoms in total. The molecule has 0 saturated carbocycles. The summed E-state index contributed by atoms with van der Waals surface area (Å²) in [5.74, 6) is -0.481. The Morgan fingerprint density at radius 3 is 3.04 bits per heavy atom. The van der Waals surface area contributed by atoms with E-state index in [-0.39, 0.29) is 5.91 Å². The van der Waals surface area contributed by atoms with E-state index in [0.717, 1.165) is 32.2 Å². The fourth-order valence-corrected chi connectivity index (χ4v) is 3.36. The van der Waals surface area contributed by atoms with Crippen molar-refractivity contribution in [3.05, 3.63) is 35.5 Å². The van der Waals surface area contributed by atoms with Crippen molar-refractivity contribution in [1.82, 2.24) is 20.1 Å². The molecule has 0 radical (unpaired) electrons. The van der Waals surface area contributed by atoms with Crippen LogP contribution in [0.1, 0.15) is 55.2 Å². The molecule has 128 valence electrons. The second-order valence-electron chi connectivity index (χ2n) is 6.41. The number of likely N-dealkylation sites (tertiary alicyclic amines) is 1. The Balaban J connectivity index is 1.84. The number of aryl methyl sites for hydroxylation is 1. The molecule has 1 aliphatic rings. The van der Waals surface area contributed by atoms with Gasteiger partial charge in [0.1, 0.15) is 5.69 Å². The van der Waals surface area contributed by atoms with E-state index in [0.29, 0.717) is 28.7 Å². The number of rotatable bonds is 4. The molecule has 0 aliphatic carbocycles. The maximum Gasteiger partial charge on any atom is 0.272 e. The highest BCUT2D eigenvalue weighted by Crippen LogP contribution is 2.25. The van der Waals surface area contributed by atoms with E-state index in [1.54, 1.807) is 19.1 Å². The Hall–Kier alpha value is -2.24. The molecular formula is C18H23FN4O. The number of piperidine rings is 1. The molecule has 1 N–H and O–H groups in total. The summed E-state index contributed by atoms with van der Waals surface area (Å²) in [7, 11) is 0. The van der Waals surface area contributed by atoms with Gasteiger partial charge < -0.3 is 4.90 Å². The number of nitrogens with zero attached hydrogens (tertiary/aromatic N) is 3. The van der Waals surface area contributed by atoms with E-state index in [1.165, 1.54) is 12.6 Å². The lowest BCUT2D eigenvalue weighted by Gasteiger charge is -2.35. The van der Waals surface area contributed by atoms with E-state index in [9.17, 15) is 9.18 Å². The maximum absolute atomic E-state index is 14.0. The molecular weight excluding hydrogens is 307 g/mol. The smallest absolute Gasteiger partial charge is 0.272 e. The van der Waals surface area contributed by atoms with Gasteiger partial charge in [-0.1, -0.05) is 13.3 Å². The van der Waals surface area contributed by atoms with E-state index >= 15 is 0 Å². The van der Waals surface area contributed by atoms with Crippen LogP contribution in [-0.2, 0) is 0 Å². The minimum atomic E-state index is -0.437. The average molecular weight is 330 g/mol. The third-order valence-corrected chi connectivity index (χ3v) is 4.59. The Kier molecular flexibility index (Phi) is 4.92. The van der Waals surface area contributed by atoms with Crippen LogP contribution in [0.15, 0.2) is 18.3 Å². The van der Waals surface area contributed by atoms with E-state index in [2.05, 4.69) is 22.1 Å². The standard InChI is InChI=1S/C18H23FN4O/c1-3-6-13-7-4-5-8-23(13)18(24)17-10-16(21-22-17)14-9-12(2)20-11-15(14)19/h9-11,13H,3-8H2,1-2H3,(H,21,22)/t13-/m0/s1. The number of amides is 1. The van der Waals surface area contributed by atoms with Crippen LogP contribution < -0.4 is 0 Å². The number of halogens is 1. The molecule has 24 heavy (non-hydrogen) atoms. The van der Waals surface area contributed by atoms with E-state index < -0.39 is 5.82 Å². The molecule has 1 fully saturated rings. The van der Waals surface area contributed by atoms with Crippen molar-refractivity contribution < 1.29 is 9.18 Å². The Labute approximate surface area is 141 Å². The minimum Gasteiger partial charge on any atom is -0.334 e. The molecule has 6 heteroatoms. The first-order chi connectivity index (χ1) is 11.6. The Bertz CT molecular complexity index is 726. The van der Waals surface area contributed by atoms with Gasteiger partial charge in [-0.05, 0) is 44.7 Å². The van der Waals surface area contributed by atoms with E-state index in [4.69, 9.17) is 0 Å². The minimum absolute atomic E-state index is 0.0434. The normalized spacial score (nSPS) is 18.0. The second kappa shape index (κ2) is 7.11. The molecule has 2 aromatic rings. The third-order valence-electron chi connectivity index (χ3n) is 4.59. The molecule has 1 atom stereocenters. The number of pyridine rings is 1. The highest BCUT2D eigenvalue weighted by atomic mass is 19.1. The second-order valence-corrected chi connectivity index (χ2v) is 6.41. The summed E-state index contributed by atoms with van der Waals surface area (Å²) in [6, 6.07) is 3.57. The van der Waals surface area contributed by atoms with Crippen LogP contribution in [0.25, 0.3) is 11.3 Å². The largest absolute Gasteiger partial charge is 0.334 e. The van der Waals surface area contributed by atoms with Gasteiger partial charge in [0.2, 0.25) is 0 Å². The summed E-state index contributed by atoms with van der Waals surface area (Å²) in [5, 5.41) is 6.92. The van der Waals surface area contributed by atoms with Gasteiger partial charge in [0, 0.05) is 23.8 Å². The zero-order valence-electron chi connectivity index (χ0n) is 14.2. The van der Waals surface area contributed by atoms with Crippen LogP contribution in [0.5, 0.6) is 0 Å². The predicted molar refractivity (Wildman–Crippen MR) is 90.1 cm³/mol. The molecule has 3 rings (SSSR count). The van der Waals surface area contributed by atoms with Crippen LogP contribution in [0, 0.1) is 12.7 Å². The van der Waals surface area contributed by atoms with Gasteiger partial charge >= 0.3 is 0 Å². The first kappa shape index (κ1) is 16.6. The molecule has 3 heterocycles. The molecule has 1 amide bonds. The lowest BCUT2D eigenvalue weighted by atomic mass is 9.98. The van der Waals surface area contributed by atoms with Gasteiger partial charge in [-0.3, -0.25) is 14.9 Å². The van der Waals surface area contributed by atoms with Crippen LogP contribution in [0.4, 0.5) is 4.39 Å². The van der Waals surface area contributed by atoms with Crippen LogP contribution in [0.3, 0.4) is 0 Å². The number of aromatic amines is 1. The summed E-state index contributed by atoms with van der Waals surface area (Å²) < 4.78 is 14.0. The Morgan fingerprint density at radius 2 is 2.25 bits per heavy atom. The Morgan fingerprint density at radius 1 is 1.42 bits per heavy atom. The quantitative estimate of drug-likeness (QED) is 0.929. The molecule has 0 aromatic carbocycles. The van der Waals surface area contributed by atoms with Crippen molar-refractivity contribution in [1.29, 1.82) is 0 Å². The predicted octanol–water partition coefficient (Wildman–Crippen LogP) is 3.71. The van der Waals surface area contributed by atoms with Crippen LogP contribution in [-0.4, -0.2) is 38.6 Å². The van der Waals surface area contributed by atoms with Crippen LogP contribution in [0.2, 0.25) is 0 Å². The highest BCUT2D eigenvalue weighted by molar-refractivity contribution is 5.93. The third kappa shape index (κ3) is 3.32. The molecule has 0 spiro atoms. The number of nitrogens with one attached hydrogen (secondary N) is 1. The van der Waals surface area contributed by atoms with Gasteiger partial charge in [0.15, 0.2) is 5.82 Å². The highest BCUT2D eigenvalue weighted by Gasteiger charge is 2.28. The summed E-state index contributed by atoms with van der Waals surface area (Å²) in [5.41, 5.74) is 1.93.